The summed E-state index contributed by atoms with van der Waals surface area (Å²) in [4.78, 5) is 17.1. The Morgan fingerprint density at radius 3 is 2.23 bits per heavy atom. The molecule has 3 aromatic rings. The number of nitrogens with zero attached hydrogens (tertiary/aromatic N) is 1. The van der Waals surface area contributed by atoms with E-state index in [2.05, 4.69) is 12.1 Å². The van der Waals surface area contributed by atoms with E-state index in [1.54, 1.807) is 28.7 Å². The lowest BCUT2D eigenvalue weighted by molar-refractivity contribution is -0.127. The van der Waals surface area contributed by atoms with E-state index in [1.807, 2.05) is 65.1 Å². The van der Waals surface area contributed by atoms with Gasteiger partial charge in [-0.05, 0) is 42.0 Å². The van der Waals surface area contributed by atoms with Gasteiger partial charge in [0.2, 0.25) is 5.91 Å². The zero-order chi connectivity index (χ0) is 18.2. The molecule has 0 saturated heterocycles. The fourth-order valence-corrected chi connectivity index (χ4v) is 4.00. The Morgan fingerprint density at radius 2 is 1.65 bits per heavy atom. The van der Waals surface area contributed by atoms with Crippen LogP contribution in [-0.4, -0.2) is 17.4 Å². The standard InChI is InChI=1S/C21H21NO2S2/c1-2-24-20-10-4-3-7-17(20)11-12-21(23)22(15-18-8-5-13-25-18)16-19-9-6-14-26-19/h3-14H,2,15-16H2,1H3/b12-11+. The largest absolute Gasteiger partial charge is 0.493 e. The molecule has 5 heteroatoms. The number of carbonyl (C=O) groups is 1. The Bertz CT molecular complexity index is 803. The van der Waals surface area contributed by atoms with Crippen LogP contribution in [0.25, 0.3) is 6.08 Å². The fraction of sp³-hybridized carbons (Fsp3) is 0.190. The van der Waals surface area contributed by atoms with Crippen LogP contribution in [0, 0.1) is 0 Å². The second kappa shape index (κ2) is 9.36. The Kier molecular flexibility index (Phi) is 6.63. The molecule has 0 spiro atoms. The Morgan fingerprint density at radius 1 is 1.00 bits per heavy atom. The van der Waals surface area contributed by atoms with E-state index < -0.39 is 0 Å². The molecule has 0 atom stereocenters. The molecule has 134 valence electrons. The average molecular weight is 384 g/mol. The van der Waals surface area contributed by atoms with E-state index in [1.165, 1.54) is 9.75 Å². The zero-order valence-corrected chi connectivity index (χ0v) is 16.3. The van der Waals surface area contributed by atoms with Gasteiger partial charge in [-0.15, -0.1) is 22.7 Å². The van der Waals surface area contributed by atoms with E-state index in [0.717, 1.165) is 11.3 Å². The van der Waals surface area contributed by atoms with Crippen LogP contribution >= 0.6 is 22.7 Å². The van der Waals surface area contributed by atoms with Gasteiger partial charge >= 0.3 is 0 Å². The van der Waals surface area contributed by atoms with Gasteiger partial charge in [0.25, 0.3) is 0 Å². The highest BCUT2D eigenvalue weighted by molar-refractivity contribution is 7.10. The molecule has 2 aromatic heterocycles. The van der Waals surface area contributed by atoms with Crippen LogP contribution in [0.15, 0.2) is 65.4 Å². The summed E-state index contributed by atoms with van der Waals surface area (Å²) < 4.78 is 5.63. The summed E-state index contributed by atoms with van der Waals surface area (Å²) in [7, 11) is 0. The summed E-state index contributed by atoms with van der Waals surface area (Å²) in [5.74, 6) is 0.792. The third-order valence-corrected chi connectivity index (χ3v) is 5.51. The SMILES string of the molecule is CCOc1ccccc1/C=C/C(=O)N(Cc1cccs1)Cc1cccs1. The van der Waals surface area contributed by atoms with Crippen LogP contribution in [0.1, 0.15) is 22.2 Å². The predicted molar refractivity (Wildman–Crippen MR) is 110 cm³/mol. The molecule has 0 aliphatic rings. The average Bonchev–Trinajstić information content (AvgIpc) is 3.34. The second-order valence-electron chi connectivity index (χ2n) is 5.66. The van der Waals surface area contributed by atoms with Crippen molar-refractivity contribution in [3.05, 3.63) is 80.7 Å². The molecule has 0 saturated carbocycles. The number of thiophene rings is 2. The van der Waals surface area contributed by atoms with Crippen LogP contribution in [0.2, 0.25) is 0 Å². The van der Waals surface area contributed by atoms with Crippen LogP contribution in [0.5, 0.6) is 5.75 Å². The van der Waals surface area contributed by atoms with Gasteiger partial charge in [0.1, 0.15) is 5.75 Å². The number of ether oxygens (including phenoxy) is 1. The van der Waals surface area contributed by atoms with E-state index in [9.17, 15) is 4.79 Å². The summed E-state index contributed by atoms with van der Waals surface area (Å²) in [6.07, 6.45) is 3.47. The maximum Gasteiger partial charge on any atom is 0.247 e. The summed E-state index contributed by atoms with van der Waals surface area (Å²) in [5.41, 5.74) is 0.912. The van der Waals surface area contributed by atoms with E-state index in [4.69, 9.17) is 4.74 Å². The molecule has 1 amide bonds. The molecule has 0 radical (unpaired) electrons. The van der Waals surface area contributed by atoms with Crippen molar-refractivity contribution in [3.63, 3.8) is 0 Å². The van der Waals surface area contributed by atoms with E-state index in [0.29, 0.717) is 19.7 Å². The first kappa shape index (κ1) is 18.4. The van der Waals surface area contributed by atoms with E-state index in [-0.39, 0.29) is 5.91 Å². The molecule has 0 N–H and O–H groups in total. The lowest BCUT2D eigenvalue weighted by atomic mass is 10.2. The number of amides is 1. The van der Waals surface area contributed by atoms with Crippen molar-refractivity contribution in [2.45, 2.75) is 20.0 Å². The van der Waals surface area contributed by atoms with Gasteiger partial charge in [-0.1, -0.05) is 30.3 Å². The summed E-state index contributed by atoms with van der Waals surface area (Å²) in [6, 6.07) is 15.9. The van der Waals surface area contributed by atoms with Crippen molar-refractivity contribution in [2.75, 3.05) is 6.61 Å². The predicted octanol–water partition coefficient (Wildman–Crippen LogP) is 5.45. The number of hydrogen-bond donors (Lipinski definition) is 0. The number of hydrogen-bond acceptors (Lipinski definition) is 4. The van der Waals surface area contributed by atoms with Crippen molar-refractivity contribution < 1.29 is 9.53 Å². The van der Waals surface area contributed by atoms with Gasteiger partial charge in [-0.2, -0.15) is 0 Å². The Balaban J connectivity index is 1.76. The normalized spacial score (nSPS) is 11.0. The quantitative estimate of drug-likeness (QED) is 0.484. The van der Waals surface area contributed by atoms with Crippen molar-refractivity contribution in [1.29, 1.82) is 0 Å². The van der Waals surface area contributed by atoms with Gasteiger partial charge in [0.05, 0.1) is 19.7 Å². The van der Waals surface area contributed by atoms with Crippen molar-refractivity contribution in [2.24, 2.45) is 0 Å². The topological polar surface area (TPSA) is 29.5 Å². The zero-order valence-electron chi connectivity index (χ0n) is 14.6. The molecule has 0 aliphatic heterocycles. The Hall–Kier alpha value is -2.37. The van der Waals surface area contributed by atoms with Gasteiger partial charge in [-0.25, -0.2) is 0 Å². The molecule has 26 heavy (non-hydrogen) atoms. The van der Waals surface area contributed by atoms with Crippen molar-refractivity contribution in [3.8, 4) is 5.75 Å². The molecular formula is C21H21NO2S2. The van der Waals surface area contributed by atoms with Gasteiger partial charge < -0.3 is 9.64 Å². The number of carbonyl (C=O) groups excluding carboxylic acids is 1. The molecular weight excluding hydrogens is 362 g/mol. The highest BCUT2D eigenvalue weighted by Gasteiger charge is 2.13. The van der Waals surface area contributed by atoms with Gasteiger partial charge in [0.15, 0.2) is 0 Å². The van der Waals surface area contributed by atoms with Crippen molar-refractivity contribution in [1.82, 2.24) is 4.90 Å². The lowest BCUT2D eigenvalue weighted by Crippen LogP contribution is -2.27. The smallest absolute Gasteiger partial charge is 0.247 e. The first-order valence-electron chi connectivity index (χ1n) is 8.50. The van der Waals surface area contributed by atoms with Gasteiger partial charge in [0, 0.05) is 21.4 Å². The summed E-state index contributed by atoms with van der Waals surface area (Å²) in [6.45, 7) is 3.79. The molecule has 3 rings (SSSR count). The summed E-state index contributed by atoms with van der Waals surface area (Å²) in [5, 5.41) is 4.08. The van der Waals surface area contributed by atoms with Gasteiger partial charge in [-0.3, -0.25) is 4.79 Å². The minimum Gasteiger partial charge on any atom is -0.493 e. The van der Waals surface area contributed by atoms with E-state index >= 15 is 0 Å². The molecule has 3 nitrogen and oxygen atoms in total. The molecule has 0 fully saturated rings. The second-order valence-corrected chi connectivity index (χ2v) is 7.72. The fourth-order valence-electron chi connectivity index (χ4n) is 2.56. The maximum absolute atomic E-state index is 12.8. The van der Waals surface area contributed by atoms with Crippen LogP contribution in [0.3, 0.4) is 0 Å². The maximum atomic E-state index is 12.8. The third-order valence-electron chi connectivity index (χ3n) is 3.79. The van der Waals surface area contributed by atoms with Crippen molar-refractivity contribution >= 4 is 34.7 Å². The molecule has 0 aliphatic carbocycles. The minimum atomic E-state index is -0.00176. The van der Waals surface area contributed by atoms with Crippen LogP contribution in [0.4, 0.5) is 0 Å². The number of para-hydroxylation sites is 1. The Labute approximate surface area is 162 Å². The lowest BCUT2D eigenvalue weighted by Gasteiger charge is -2.20. The highest BCUT2D eigenvalue weighted by Crippen LogP contribution is 2.21. The first-order chi connectivity index (χ1) is 12.8. The highest BCUT2D eigenvalue weighted by atomic mass is 32.1. The number of benzene rings is 1. The third kappa shape index (κ3) is 5.07. The number of rotatable bonds is 8. The first-order valence-corrected chi connectivity index (χ1v) is 10.3. The van der Waals surface area contributed by atoms with Crippen LogP contribution in [-0.2, 0) is 17.9 Å². The summed E-state index contributed by atoms with van der Waals surface area (Å²) >= 11 is 3.34. The molecule has 1 aromatic carbocycles. The molecule has 0 unspecified atom stereocenters. The monoisotopic (exact) mass is 383 g/mol. The van der Waals surface area contributed by atoms with Crippen LogP contribution < -0.4 is 4.74 Å². The molecule has 0 bridgehead atoms. The molecule has 2 heterocycles. The minimum absolute atomic E-state index is 0.00176.